The molecule has 0 spiro atoms. The van der Waals surface area contributed by atoms with E-state index in [0.717, 1.165) is 35.1 Å². The number of hydrogen-bond acceptors (Lipinski definition) is 8. The smallest absolute Gasteiger partial charge is 0.259 e. The number of fused-ring (bicyclic) bond motifs is 1. The van der Waals surface area contributed by atoms with Gasteiger partial charge in [0, 0.05) is 10.6 Å². The van der Waals surface area contributed by atoms with Crippen LogP contribution in [0.25, 0.3) is 10.2 Å². The maximum Gasteiger partial charge on any atom is 0.259 e. The van der Waals surface area contributed by atoms with Crippen LogP contribution in [0.1, 0.15) is 36.0 Å². The molecule has 0 saturated heterocycles. The number of aryl methyl sites for hydroxylation is 2. The van der Waals surface area contributed by atoms with Crippen LogP contribution in [-0.2, 0) is 5.75 Å². The predicted molar refractivity (Wildman–Crippen MR) is 105 cm³/mol. The van der Waals surface area contributed by atoms with Gasteiger partial charge in [0.25, 0.3) is 5.56 Å². The first-order valence-corrected chi connectivity index (χ1v) is 11.3. The molecule has 3 aromatic heterocycles. The van der Waals surface area contributed by atoms with Crippen LogP contribution in [0.4, 0.5) is 0 Å². The number of thiophene rings is 1. The fourth-order valence-electron chi connectivity index (χ4n) is 2.12. The summed E-state index contributed by atoms with van der Waals surface area (Å²) in [6.07, 6.45) is 2.38. The van der Waals surface area contributed by atoms with Crippen molar-refractivity contribution in [1.82, 2.24) is 20.2 Å². The lowest BCUT2D eigenvalue weighted by Gasteiger charge is -1.99. The normalized spacial score (nSPS) is 11.5. The Morgan fingerprint density at radius 1 is 1.12 bits per heavy atom. The first kappa shape index (κ1) is 17.9. The molecule has 0 bridgehead atoms. The minimum absolute atomic E-state index is 0.0504. The molecule has 0 saturated carbocycles. The molecule has 0 fully saturated rings. The molecule has 24 heavy (non-hydrogen) atoms. The van der Waals surface area contributed by atoms with E-state index < -0.39 is 0 Å². The maximum atomic E-state index is 12.3. The van der Waals surface area contributed by atoms with E-state index in [-0.39, 0.29) is 5.56 Å². The molecule has 128 valence electrons. The maximum absolute atomic E-state index is 12.3. The first-order chi connectivity index (χ1) is 11.6. The molecule has 0 radical (unpaired) electrons. The lowest BCUT2D eigenvalue weighted by Crippen LogP contribution is -2.10. The monoisotopic (exact) mass is 398 g/mol. The minimum Gasteiger partial charge on any atom is -0.309 e. The van der Waals surface area contributed by atoms with Crippen molar-refractivity contribution in [2.75, 3.05) is 5.75 Å². The average Bonchev–Trinajstić information content (AvgIpc) is 3.11. The summed E-state index contributed by atoms with van der Waals surface area (Å²) in [6, 6.07) is 0. The number of nitrogens with zero attached hydrogens (tertiary/aromatic N) is 3. The van der Waals surface area contributed by atoms with Crippen LogP contribution >= 0.6 is 46.2 Å². The van der Waals surface area contributed by atoms with E-state index in [4.69, 9.17) is 0 Å². The topological polar surface area (TPSA) is 71.5 Å². The molecule has 5 nitrogen and oxygen atoms in total. The third-order valence-corrected chi connectivity index (χ3v) is 7.92. The van der Waals surface area contributed by atoms with Crippen molar-refractivity contribution in [3.8, 4) is 0 Å². The third-order valence-electron chi connectivity index (χ3n) is 3.53. The Balaban J connectivity index is 1.68. The molecule has 0 aliphatic rings. The van der Waals surface area contributed by atoms with Crippen LogP contribution in [0, 0.1) is 13.8 Å². The largest absolute Gasteiger partial charge is 0.309 e. The molecular formula is C15H18N4OS4. The molecule has 0 atom stereocenters. The highest BCUT2D eigenvalue weighted by molar-refractivity contribution is 8.02. The highest BCUT2D eigenvalue weighted by Gasteiger charge is 2.13. The van der Waals surface area contributed by atoms with Crippen molar-refractivity contribution >= 4 is 56.4 Å². The number of rotatable bonds is 7. The van der Waals surface area contributed by atoms with Gasteiger partial charge in [0.15, 0.2) is 8.68 Å². The Morgan fingerprint density at radius 2 is 1.88 bits per heavy atom. The summed E-state index contributed by atoms with van der Waals surface area (Å²) < 4.78 is 1.92. The molecule has 0 aliphatic heterocycles. The lowest BCUT2D eigenvalue weighted by molar-refractivity contribution is 0.892. The Hall–Kier alpha value is -0.900. The summed E-state index contributed by atoms with van der Waals surface area (Å²) in [5.74, 6) is 2.36. The van der Waals surface area contributed by atoms with Gasteiger partial charge in [0.1, 0.15) is 10.7 Å². The number of aromatic nitrogens is 4. The second kappa shape index (κ2) is 7.99. The standard InChI is InChI=1S/C15H18N4OS4/c1-4-5-6-21-14-18-19-15(24-14)22-7-10-16-12(20)11-8(2)9(3)23-13(11)17-10/h4-7H2,1-3H3,(H,16,17,20). The van der Waals surface area contributed by atoms with E-state index in [1.165, 1.54) is 12.8 Å². The number of H-pyrrole nitrogens is 1. The van der Waals surface area contributed by atoms with Crippen LogP contribution in [0.15, 0.2) is 13.5 Å². The molecular weight excluding hydrogens is 380 g/mol. The summed E-state index contributed by atoms with van der Waals surface area (Å²) in [5.41, 5.74) is 0.978. The molecule has 1 N–H and O–H groups in total. The second-order valence-corrected chi connectivity index (χ2v) is 10.0. The molecule has 0 aliphatic carbocycles. The van der Waals surface area contributed by atoms with Crippen LogP contribution in [0.3, 0.4) is 0 Å². The van der Waals surface area contributed by atoms with Crippen LogP contribution in [-0.4, -0.2) is 25.9 Å². The van der Waals surface area contributed by atoms with E-state index in [2.05, 4.69) is 27.1 Å². The van der Waals surface area contributed by atoms with Crippen molar-refractivity contribution in [3.63, 3.8) is 0 Å². The lowest BCUT2D eigenvalue weighted by atomic mass is 10.2. The highest BCUT2D eigenvalue weighted by atomic mass is 32.2. The van der Waals surface area contributed by atoms with Gasteiger partial charge in [0.2, 0.25) is 0 Å². The van der Waals surface area contributed by atoms with E-state index in [1.807, 2.05) is 13.8 Å². The van der Waals surface area contributed by atoms with Crippen LogP contribution < -0.4 is 5.56 Å². The summed E-state index contributed by atoms with van der Waals surface area (Å²) >= 11 is 6.50. The minimum atomic E-state index is -0.0504. The third kappa shape index (κ3) is 4.01. The van der Waals surface area contributed by atoms with E-state index in [1.54, 1.807) is 46.2 Å². The molecule has 3 rings (SSSR count). The second-order valence-electron chi connectivity index (χ2n) is 5.30. The van der Waals surface area contributed by atoms with Crippen LogP contribution in [0.5, 0.6) is 0 Å². The number of aromatic amines is 1. The van der Waals surface area contributed by atoms with Crippen LogP contribution in [0.2, 0.25) is 0 Å². The molecule has 0 aromatic carbocycles. The Labute approximate surface area is 156 Å². The SMILES string of the molecule is CCCCSc1nnc(SCc2nc3sc(C)c(C)c3c(=O)[nH]2)s1. The fourth-order valence-corrected chi connectivity index (χ4v) is 6.21. The van der Waals surface area contributed by atoms with E-state index >= 15 is 0 Å². The van der Waals surface area contributed by atoms with Crippen molar-refractivity contribution < 1.29 is 0 Å². The molecule has 9 heteroatoms. The summed E-state index contributed by atoms with van der Waals surface area (Å²) in [5, 5.41) is 9.13. The van der Waals surface area contributed by atoms with E-state index in [0.29, 0.717) is 11.6 Å². The number of thioether (sulfide) groups is 2. The quantitative estimate of drug-likeness (QED) is 0.462. The van der Waals surface area contributed by atoms with Crippen molar-refractivity contribution in [1.29, 1.82) is 0 Å². The van der Waals surface area contributed by atoms with Gasteiger partial charge in [0.05, 0.1) is 11.1 Å². The first-order valence-electron chi connectivity index (χ1n) is 7.66. The average molecular weight is 399 g/mol. The fraction of sp³-hybridized carbons (Fsp3) is 0.467. The number of nitrogens with one attached hydrogen (secondary N) is 1. The molecule has 0 unspecified atom stereocenters. The molecule has 0 amide bonds. The molecule has 3 aromatic rings. The summed E-state index contributed by atoms with van der Waals surface area (Å²) in [7, 11) is 0. The number of hydrogen-bond donors (Lipinski definition) is 1. The zero-order chi connectivity index (χ0) is 17.1. The number of unbranched alkanes of at least 4 members (excludes halogenated alkanes) is 1. The van der Waals surface area contributed by atoms with Crippen molar-refractivity contribution in [3.05, 3.63) is 26.6 Å². The van der Waals surface area contributed by atoms with Gasteiger partial charge in [-0.15, -0.1) is 21.5 Å². The Morgan fingerprint density at radius 3 is 2.62 bits per heavy atom. The predicted octanol–water partition coefficient (Wildman–Crippen LogP) is 4.64. The van der Waals surface area contributed by atoms with Gasteiger partial charge < -0.3 is 4.98 Å². The van der Waals surface area contributed by atoms with E-state index in [9.17, 15) is 4.79 Å². The van der Waals surface area contributed by atoms with Gasteiger partial charge in [-0.3, -0.25) is 4.79 Å². The highest BCUT2D eigenvalue weighted by Crippen LogP contribution is 2.31. The van der Waals surface area contributed by atoms with Gasteiger partial charge >= 0.3 is 0 Å². The zero-order valence-electron chi connectivity index (χ0n) is 13.7. The van der Waals surface area contributed by atoms with Gasteiger partial charge in [-0.25, -0.2) is 4.98 Å². The summed E-state index contributed by atoms with van der Waals surface area (Å²) in [6.45, 7) is 6.18. The van der Waals surface area contributed by atoms with Gasteiger partial charge in [-0.2, -0.15) is 0 Å². The molecule has 3 heterocycles. The van der Waals surface area contributed by atoms with Crippen molar-refractivity contribution in [2.45, 2.75) is 48.0 Å². The Bertz CT molecular complexity index is 899. The Kier molecular flexibility index (Phi) is 5.96. The van der Waals surface area contributed by atoms with Crippen molar-refractivity contribution in [2.24, 2.45) is 0 Å². The van der Waals surface area contributed by atoms with Gasteiger partial charge in [-0.05, 0) is 25.8 Å². The zero-order valence-corrected chi connectivity index (χ0v) is 17.0. The van der Waals surface area contributed by atoms with Gasteiger partial charge in [-0.1, -0.05) is 48.2 Å². The summed E-state index contributed by atoms with van der Waals surface area (Å²) in [4.78, 5) is 21.7.